The van der Waals surface area contributed by atoms with Crippen molar-refractivity contribution in [1.29, 1.82) is 0 Å². The Labute approximate surface area is 110 Å². The molecule has 1 aliphatic heterocycles. The van der Waals surface area contributed by atoms with Gasteiger partial charge in [0.1, 0.15) is 0 Å². The van der Waals surface area contributed by atoms with E-state index in [9.17, 15) is 4.79 Å². The maximum atomic E-state index is 12.1. The number of amides is 1. The first-order chi connectivity index (χ1) is 8.59. The van der Waals surface area contributed by atoms with Crippen molar-refractivity contribution in [3.8, 4) is 0 Å². The normalized spacial score (nSPS) is 35.7. The van der Waals surface area contributed by atoms with E-state index in [1.165, 1.54) is 12.8 Å². The van der Waals surface area contributed by atoms with Gasteiger partial charge in [-0.3, -0.25) is 4.79 Å². The van der Waals surface area contributed by atoms with Gasteiger partial charge in [-0.05, 0) is 45.6 Å². The summed E-state index contributed by atoms with van der Waals surface area (Å²) in [7, 11) is 0. The number of ether oxygens (including phenoxy) is 1. The molecule has 0 spiro atoms. The minimum atomic E-state index is 0.0105. The van der Waals surface area contributed by atoms with Gasteiger partial charge >= 0.3 is 0 Å². The monoisotopic (exact) mass is 254 g/mol. The molecule has 2 N–H and O–H groups in total. The summed E-state index contributed by atoms with van der Waals surface area (Å²) >= 11 is 0. The average molecular weight is 254 g/mol. The largest absolute Gasteiger partial charge is 0.374 e. The highest BCUT2D eigenvalue weighted by atomic mass is 16.5. The van der Waals surface area contributed by atoms with Gasteiger partial charge in [0.05, 0.1) is 18.1 Å². The highest BCUT2D eigenvalue weighted by Crippen LogP contribution is 2.32. The number of carbonyl (C=O) groups excluding carboxylic acids is 1. The van der Waals surface area contributed by atoms with Crippen molar-refractivity contribution in [2.24, 2.45) is 11.8 Å². The lowest BCUT2D eigenvalue weighted by atomic mass is 9.89. The van der Waals surface area contributed by atoms with E-state index in [-0.39, 0.29) is 24.0 Å². The minimum absolute atomic E-state index is 0.0105. The van der Waals surface area contributed by atoms with Gasteiger partial charge < -0.3 is 15.4 Å². The molecule has 4 atom stereocenters. The Balaban J connectivity index is 1.63. The minimum Gasteiger partial charge on any atom is -0.374 e. The Morgan fingerprint density at radius 2 is 1.89 bits per heavy atom. The molecule has 0 aromatic carbocycles. The molecule has 4 nitrogen and oxygen atoms in total. The molecule has 0 bridgehead atoms. The predicted octanol–water partition coefficient (Wildman–Crippen LogP) is 1.30. The fraction of sp³-hybridized carbons (Fsp3) is 0.929. The van der Waals surface area contributed by atoms with Crippen LogP contribution >= 0.6 is 0 Å². The highest BCUT2D eigenvalue weighted by Gasteiger charge is 2.41. The molecule has 2 fully saturated rings. The van der Waals surface area contributed by atoms with Gasteiger partial charge in [-0.2, -0.15) is 0 Å². The van der Waals surface area contributed by atoms with E-state index in [0.717, 1.165) is 25.6 Å². The molecule has 0 aromatic heterocycles. The zero-order valence-corrected chi connectivity index (χ0v) is 11.7. The van der Waals surface area contributed by atoms with E-state index in [2.05, 4.69) is 17.6 Å². The van der Waals surface area contributed by atoms with E-state index in [1.54, 1.807) is 0 Å². The van der Waals surface area contributed by atoms with Gasteiger partial charge in [-0.15, -0.1) is 0 Å². The van der Waals surface area contributed by atoms with E-state index in [1.807, 2.05) is 13.8 Å². The predicted molar refractivity (Wildman–Crippen MR) is 71.3 cm³/mol. The fourth-order valence-electron chi connectivity index (χ4n) is 2.73. The Bertz CT molecular complexity index is 292. The fourth-order valence-corrected chi connectivity index (χ4v) is 2.73. The Hall–Kier alpha value is -0.610. The van der Waals surface area contributed by atoms with Crippen molar-refractivity contribution in [1.82, 2.24) is 10.6 Å². The van der Waals surface area contributed by atoms with Gasteiger partial charge in [0, 0.05) is 12.6 Å². The summed E-state index contributed by atoms with van der Waals surface area (Å²) in [4.78, 5) is 12.1. The molecule has 104 valence electrons. The molecule has 0 radical (unpaired) electrons. The Morgan fingerprint density at radius 1 is 1.17 bits per heavy atom. The standard InChI is InChI=1S/C14H26N2O2/c1-9-10(2)18-11(3)13(9)14(17)16-8-4-7-15-12-5-6-12/h9-13,15H,4-8H2,1-3H3,(H,16,17). The second-order valence-corrected chi connectivity index (χ2v) is 5.80. The zero-order chi connectivity index (χ0) is 13.1. The summed E-state index contributed by atoms with van der Waals surface area (Å²) in [5.74, 6) is 0.478. The average Bonchev–Trinajstić information content (AvgIpc) is 3.08. The first-order valence-electron chi connectivity index (χ1n) is 7.26. The zero-order valence-electron chi connectivity index (χ0n) is 11.7. The lowest BCUT2D eigenvalue weighted by Gasteiger charge is -2.17. The molecule has 1 aliphatic carbocycles. The second kappa shape index (κ2) is 6.02. The molecular formula is C14H26N2O2. The van der Waals surface area contributed by atoms with Crippen LogP contribution in [-0.4, -0.2) is 37.2 Å². The van der Waals surface area contributed by atoms with Gasteiger partial charge in [0.2, 0.25) is 5.91 Å². The first kappa shape index (κ1) is 13.8. The van der Waals surface area contributed by atoms with E-state index < -0.39 is 0 Å². The number of nitrogens with one attached hydrogen (secondary N) is 2. The van der Waals surface area contributed by atoms with E-state index in [4.69, 9.17) is 4.74 Å². The summed E-state index contributed by atoms with van der Waals surface area (Å²) in [6.07, 6.45) is 3.87. The van der Waals surface area contributed by atoms with Crippen LogP contribution in [0.15, 0.2) is 0 Å². The van der Waals surface area contributed by atoms with Crippen LogP contribution in [0.25, 0.3) is 0 Å². The SMILES string of the molecule is CC1OC(C)C(C(=O)NCCCNC2CC2)C1C. The van der Waals surface area contributed by atoms with Crippen LogP contribution in [0.1, 0.15) is 40.0 Å². The van der Waals surface area contributed by atoms with Crippen LogP contribution in [0.3, 0.4) is 0 Å². The third-order valence-electron chi connectivity index (χ3n) is 4.21. The molecular weight excluding hydrogens is 228 g/mol. The van der Waals surface area contributed by atoms with E-state index >= 15 is 0 Å². The van der Waals surface area contributed by atoms with Gasteiger partial charge in [-0.1, -0.05) is 6.92 Å². The van der Waals surface area contributed by atoms with Gasteiger partial charge in [-0.25, -0.2) is 0 Å². The molecule has 0 aromatic rings. The maximum Gasteiger partial charge on any atom is 0.226 e. The first-order valence-corrected chi connectivity index (χ1v) is 7.26. The third-order valence-corrected chi connectivity index (χ3v) is 4.21. The van der Waals surface area contributed by atoms with Gasteiger partial charge in [0.15, 0.2) is 0 Å². The molecule has 4 unspecified atom stereocenters. The Morgan fingerprint density at radius 3 is 2.44 bits per heavy atom. The van der Waals surface area contributed by atoms with Crippen LogP contribution < -0.4 is 10.6 Å². The highest BCUT2D eigenvalue weighted by molar-refractivity contribution is 5.79. The van der Waals surface area contributed by atoms with Crippen LogP contribution in [-0.2, 0) is 9.53 Å². The molecule has 4 heteroatoms. The molecule has 1 heterocycles. The van der Waals surface area contributed by atoms with Crippen molar-refractivity contribution in [2.75, 3.05) is 13.1 Å². The van der Waals surface area contributed by atoms with Crippen molar-refractivity contribution < 1.29 is 9.53 Å². The van der Waals surface area contributed by atoms with Crippen molar-refractivity contribution in [2.45, 2.75) is 58.3 Å². The summed E-state index contributed by atoms with van der Waals surface area (Å²) in [5, 5.41) is 6.49. The number of carbonyl (C=O) groups is 1. The van der Waals surface area contributed by atoms with Crippen LogP contribution in [0, 0.1) is 11.8 Å². The summed E-state index contributed by atoms with van der Waals surface area (Å²) < 4.78 is 5.70. The van der Waals surface area contributed by atoms with Crippen LogP contribution in [0.2, 0.25) is 0 Å². The topological polar surface area (TPSA) is 50.4 Å². The van der Waals surface area contributed by atoms with Crippen LogP contribution in [0.4, 0.5) is 0 Å². The van der Waals surface area contributed by atoms with Crippen molar-refractivity contribution in [3.05, 3.63) is 0 Å². The van der Waals surface area contributed by atoms with Crippen LogP contribution in [0.5, 0.6) is 0 Å². The summed E-state index contributed by atoms with van der Waals surface area (Å²) in [5.41, 5.74) is 0. The van der Waals surface area contributed by atoms with Crippen molar-refractivity contribution in [3.63, 3.8) is 0 Å². The number of rotatable bonds is 6. The molecule has 1 saturated heterocycles. The second-order valence-electron chi connectivity index (χ2n) is 5.80. The molecule has 1 amide bonds. The lowest BCUT2D eigenvalue weighted by Crippen LogP contribution is -2.38. The third kappa shape index (κ3) is 3.45. The molecule has 18 heavy (non-hydrogen) atoms. The smallest absolute Gasteiger partial charge is 0.226 e. The summed E-state index contributed by atoms with van der Waals surface area (Å²) in [6.45, 7) is 7.93. The van der Waals surface area contributed by atoms with Gasteiger partial charge in [0.25, 0.3) is 0 Å². The lowest BCUT2D eigenvalue weighted by molar-refractivity contribution is -0.127. The summed E-state index contributed by atoms with van der Waals surface area (Å²) in [6, 6.07) is 0.754. The molecule has 1 saturated carbocycles. The molecule has 2 aliphatic rings. The quantitative estimate of drug-likeness (QED) is 0.703. The Kier molecular flexibility index (Phi) is 4.62. The van der Waals surface area contributed by atoms with E-state index in [0.29, 0.717) is 5.92 Å². The number of hydrogen-bond acceptors (Lipinski definition) is 3. The maximum absolute atomic E-state index is 12.1. The molecule has 2 rings (SSSR count). The van der Waals surface area contributed by atoms with Crippen molar-refractivity contribution >= 4 is 5.91 Å². The number of hydrogen-bond donors (Lipinski definition) is 2.